The molecule has 0 bridgehead atoms. The summed E-state index contributed by atoms with van der Waals surface area (Å²) in [6, 6.07) is -4.44. The Morgan fingerprint density at radius 3 is 2.20 bits per heavy atom. The van der Waals surface area contributed by atoms with Gasteiger partial charge in [0.1, 0.15) is 31.5 Å². The predicted molar refractivity (Wildman–Crippen MR) is 170 cm³/mol. The van der Waals surface area contributed by atoms with Crippen LogP contribution < -0.4 is 21.3 Å². The molecule has 266 valence electrons. The molecule has 2 fully saturated rings. The summed E-state index contributed by atoms with van der Waals surface area (Å²) in [5.74, 6) is -3.03. The number of hydrogen-bond acceptors (Lipinski definition) is 10. The number of nitrogens with zero attached hydrogens (tertiary/aromatic N) is 1. The molecule has 2 rings (SSSR count). The second kappa shape index (κ2) is 18.3. The van der Waals surface area contributed by atoms with Gasteiger partial charge < -0.3 is 36.0 Å². The highest BCUT2D eigenvalue weighted by Gasteiger charge is 2.66. The van der Waals surface area contributed by atoms with E-state index in [4.69, 9.17) is 9.57 Å². The molecule has 14 nitrogen and oxygen atoms in total. The Morgan fingerprint density at radius 2 is 1.63 bits per heavy atom. The van der Waals surface area contributed by atoms with E-state index in [-0.39, 0.29) is 28.3 Å². The smallest absolute Gasteiger partial charge is 0.320 e. The van der Waals surface area contributed by atoms with Gasteiger partial charge in [0, 0.05) is 6.42 Å². The average Bonchev–Trinajstić information content (AvgIpc) is 3.70. The summed E-state index contributed by atoms with van der Waals surface area (Å²) in [7, 11) is 1.82. The van der Waals surface area contributed by atoms with Gasteiger partial charge in [-0.1, -0.05) is 67.2 Å². The van der Waals surface area contributed by atoms with Gasteiger partial charge in [-0.3, -0.25) is 24.5 Å². The number of hydrogen-bond donors (Lipinski definition) is 7. The van der Waals surface area contributed by atoms with E-state index in [9.17, 15) is 34.5 Å². The fourth-order valence-electron chi connectivity index (χ4n) is 6.06. The van der Waals surface area contributed by atoms with E-state index in [1.54, 1.807) is 0 Å². The number of esters is 1. The van der Waals surface area contributed by atoms with Gasteiger partial charge in [0.15, 0.2) is 0 Å². The molecule has 0 radical (unpaired) electrons. The number of aliphatic hydroxyl groups excluding tert-OH is 3. The zero-order valence-corrected chi connectivity index (χ0v) is 29.0. The average molecular weight is 659 g/mol. The molecular weight excluding hydrogens is 598 g/mol. The first-order valence-corrected chi connectivity index (χ1v) is 17.0. The number of cyclic esters (lactones) is 1. The van der Waals surface area contributed by atoms with Crippen LogP contribution in [0.3, 0.4) is 0 Å². The largest absolute Gasteiger partial charge is 0.461 e. The lowest BCUT2D eigenvalue weighted by atomic mass is 9.94. The van der Waals surface area contributed by atoms with E-state index in [0.29, 0.717) is 19.3 Å². The molecule has 0 aromatic heterocycles. The topological polar surface area (TPSA) is 199 Å². The molecule has 2 aliphatic heterocycles. The molecule has 2 aliphatic rings. The normalized spacial score (nSPS) is 35.0. The van der Waals surface area contributed by atoms with Crippen molar-refractivity contribution in [1.82, 2.24) is 21.3 Å². The zero-order valence-electron chi connectivity index (χ0n) is 29.0. The Balaban J connectivity index is 2.52. The highest BCUT2D eigenvalue weighted by atomic mass is 16.9. The van der Waals surface area contributed by atoms with Crippen molar-refractivity contribution >= 4 is 23.7 Å². The molecule has 0 saturated carbocycles. The third-order valence-electron chi connectivity index (χ3n) is 9.31. The van der Waals surface area contributed by atoms with Gasteiger partial charge in [0.05, 0.1) is 31.2 Å². The van der Waals surface area contributed by atoms with E-state index in [2.05, 4.69) is 28.2 Å². The zero-order chi connectivity index (χ0) is 34.8. The van der Waals surface area contributed by atoms with Gasteiger partial charge >= 0.3 is 5.97 Å². The van der Waals surface area contributed by atoms with Crippen molar-refractivity contribution < 1.29 is 48.7 Å². The molecule has 2 heterocycles. The summed E-state index contributed by atoms with van der Waals surface area (Å²) < 4.78 is 5.89. The molecule has 11 atom stereocenters. The Labute approximate surface area is 273 Å². The maximum Gasteiger partial charge on any atom is 0.320 e. The van der Waals surface area contributed by atoms with Gasteiger partial charge in [-0.05, 0) is 31.6 Å². The highest BCUT2D eigenvalue weighted by molar-refractivity contribution is 5.93. The number of unbranched alkanes of at least 4 members (excludes halogenated alkanes) is 3. The lowest BCUT2D eigenvalue weighted by Crippen LogP contribution is -2.62. The van der Waals surface area contributed by atoms with E-state index >= 15 is 0 Å². The minimum absolute atomic E-state index is 0.0439. The number of carbonyl (C=O) groups excluding carboxylic acids is 4. The van der Waals surface area contributed by atoms with E-state index in [1.165, 1.54) is 6.92 Å². The number of likely N-dealkylation sites (N-methyl/N-ethyl adjacent to an activating group) is 1. The highest BCUT2D eigenvalue weighted by Crippen LogP contribution is 2.43. The second-order valence-corrected chi connectivity index (χ2v) is 13.7. The molecule has 0 spiro atoms. The van der Waals surface area contributed by atoms with Crippen molar-refractivity contribution in [2.45, 2.75) is 142 Å². The van der Waals surface area contributed by atoms with E-state index in [1.807, 2.05) is 41.7 Å². The van der Waals surface area contributed by atoms with Gasteiger partial charge in [-0.15, -0.1) is 9.48 Å². The van der Waals surface area contributed by atoms with Gasteiger partial charge in [0.25, 0.3) is 12.1 Å². The van der Waals surface area contributed by atoms with Crippen molar-refractivity contribution in [1.29, 1.82) is 0 Å². The number of fused-ring (bicyclic) bond motifs is 1. The predicted octanol–water partition coefficient (Wildman–Crippen LogP) is 0.433. The number of aliphatic hydroxyl groups is 3. The monoisotopic (exact) mass is 658 g/mol. The van der Waals surface area contributed by atoms with Crippen LogP contribution in [-0.2, 0) is 28.8 Å². The molecule has 1 unspecified atom stereocenters. The third kappa shape index (κ3) is 10.8. The van der Waals surface area contributed by atoms with Crippen molar-refractivity contribution in [2.75, 3.05) is 20.2 Å². The number of carbonyl (C=O) groups is 4. The minimum Gasteiger partial charge on any atom is -0.461 e. The Bertz CT molecular complexity index is 1010. The SMILES string of the molecule is CCCCCC[C@H]1OC(=O)CN[C@@H](O)[C@H]([C@H](C)O)NC(=O)[C@H](CO)NC(=O)[C@H]([C@H](C)CC)NC(=O)[C@H](CC(C)C)[N@@+]2(C)OC2[C@@H]1C. The fourth-order valence-corrected chi connectivity index (χ4v) is 6.06. The van der Waals surface area contributed by atoms with E-state index in [0.717, 1.165) is 25.7 Å². The van der Waals surface area contributed by atoms with Crippen LogP contribution in [0.5, 0.6) is 0 Å². The molecular formula is C32H60N5O9+. The standard InChI is InChI=1S/C32H59N5O9/c1-9-11-12-13-14-24-20(6)32-37(8,46-32)23(15-18(3)4)29(42)35-26(19(5)10-2)31(44)34-22(17-38)28(41)36-27(21(7)39)30(43)33-16-25(40)45-24/h18-24,26-27,30,32-33,38-39,43H,9-17H2,1-8H3,(H2-,34,35,36,41,42,44)/p+1/t19-,20-,21+,22+,23+,24-,26+,27+,30+,32?,37-/m1/s1. The number of hydroxylamine groups is 3. The van der Waals surface area contributed by atoms with Crippen LogP contribution in [0, 0.1) is 17.8 Å². The van der Waals surface area contributed by atoms with Gasteiger partial charge in [0.2, 0.25) is 17.9 Å². The lowest BCUT2D eigenvalue weighted by Gasteiger charge is -2.30. The number of ether oxygens (including phenoxy) is 1. The van der Waals surface area contributed by atoms with Crippen LogP contribution in [0.2, 0.25) is 0 Å². The summed E-state index contributed by atoms with van der Waals surface area (Å²) in [5, 5.41) is 41.6. The summed E-state index contributed by atoms with van der Waals surface area (Å²) in [6.45, 7) is 11.9. The van der Waals surface area contributed by atoms with Gasteiger partial charge in [-0.25, -0.2) is 0 Å². The molecule has 0 aromatic rings. The summed E-state index contributed by atoms with van der Waals surface area (Å²) in [4.78, 5) is 60.0. The Hall–Kier alpha value is -2.36. The van der Waals surface area contributed by atoms with Crippen LogP contribution in [0.4, 0.5) is 0 Å². The molecule has 3 amide bonds. The summed E-state index contributed by atoms with van der Waals surface area (Å²) >= 11 is 0. The first-order valence-electron chi connectivity index (χ1n) is 17.0. The molecule has 2 saturated heterocycles. The minimum atomic E-state index is -1.57. The lowest BCUT2D eigenvalue weighted by molar-refractivity contribution is -0.920. The molecule has 0 aromatic carbocycles. The van der Waals surface area contributed by atoms with Gasteiger partial charge in [-0.2, -0.15) is 0 Å². The molecule has 7 N–H and O–H groups in total. The quantitative estimate of drug-likeness (QED) is 0.0707. The van der Waals surface area contributed by atoms with Crippen LogP contribution in [0.15, 0.2) is 0 Å². The fraction of sp³-hybridized carbons (Fsp3) is 0.875. The maximum absolute atomic E-state index is 14.0. The Morgan fingerprint density at radius 1 is 0.957 bits per heavy atom. The van der Waals surface area contributed by atoms with Crippen LogP contribution in [-0.4, -0.2) is 113 Å². The Kier molecular flexibility index (Phi) is 15.8. The number of amides is 3. The summed E-state index contributed by atoms with van der Waals surface area (Å²) in [5.41, 5.74) is 0. The number of nitrogens with one attached hydrogen (secondary N) is 4. The molecule has 46 heavy (non-hydrogen) atoms. The van der Waals surface area contributed by atoms with Crippen LogP contribution >= 0.6 is 0 Å². The van der Waals surface area contributed by atoms with E-state index < -0.39 is 79.8 Å². The van der Waals surface area contributed by atoms with Crippen LogP contribution in [0.25, 0.3) is 0 Å². The maximum atomic E-state index is 14.0. The number of quaternary nitrogens is 1. The van der Waals surface area contributed by atoms with Crippen molar-refractivity contribution in [3.8, 4) is 0 Å². The van der Waals surface area contributed by atoms with Crippen molar-refractivity contribution in [3.63, 3.8) is 0 Å². The summed E-state index contributed by atoms with van der Waals surface area (Å²) in [6.07, 6.45) is 1.65. The molecule has 0 aliphatic carbocycles. The second-order valence-electron chi connectivity index (χ2n) is 13.7. The first kappa shape index (κ1) is 39.8. The molecule has 14 heteroatoms. The first-order chi connectivity index (χ1) is 21.6. The van der Waals surface area contributed by atoms with Crippen molar-refractivity contribution in [2.24, 2.45) is 17.8 Å². The number of rotatable bonds is 11. The third-order valence-corrected chi connectivity index (χ3v) is 9.31. The van der Waals surface area contributed by atoms with Crippen molar-refractivity contribution in [3.05, 3.63) is 0 Å². The van der Waals surface area contributed by atoms with Crippen LogP contribution in [0.1, 0.15) is 93.4 Å².